The van der Waals surface area contributed by atoms with Crippen molar-refractivity contribution in [3.63, 3.8) is 0 Å². The zero-order chi connectivity index (χ0) is 87.9. The van der Waals surface area contributed by atoms with Gasteiger partial charge in [-0.3, -0.25) is 0 Å². The molecule has 5 heteroatoms. The molecule has 0 bridgehead atoms. The van der Waals surface area contributed by atoms with E-state index in [-0.39, 0.29) is 56.8 Å². The molecular formula is C117H100BN3S. The number of aromatic nitrogens is 1. The van der Waals surface area contributed by atoms with Crippen LogP contribution in [0.2, 0.25) is 0 Å². The van der Waals surface area contributed by atoms with E-state index in [1.54, 1.807) is 0 Å². The van der Waals surface area contributed by atoms with Crippen LogP contribution in [0.15, 0.2) is 334 Å². The molecule has 0 unspecified atom stereocenters. The van der Waals surface area contributed by atoms with Crippen molar-refractivity contribution in [1.82, 2.24) is 4.57 Å². The fraction of sp³-hybridized carbons (Fsp3) is 0.179. The molecule has 122 heavy (non-hydrogen) atoms. The van der Waals surface area contributed by atoms with Gasteiger partial charge in [-0.1, -0.05) is 371 Å². The third-order valence-electron chi connectivity index (χ3n) is 27.0. The smallest absolute Gasteiger partial charge is 0.252 e. The number of hydrogen-bond acceptors (Lipinski definition) is 3. The molecule has 592 valence electrons. The van der Waals surface area contributed by atoms with E-state index >= 15 is 0 Å². The molecular weight excluding hydrogens is 1490 g/mol. The highest BCUT2D eigenvalue weighted by Crippen LogP contribution is 2.65. The molecule has 0 saturated carbocycles. The highest BCUT2D eigenvalue weighted by Gasteiger charge is 2.53. The maximum absolute atomic E-state index is 9.85. The Morgan fingerprint density at radius 1 is 0.287 bits per heavy atom. The quantitative estimate of drug-likeness (QED) is 0.141. The maximum atomic E-state index is 9.85. The van der Waals surface area contributed by atoms with Gasteiger partial charge >= 0.3 is 0 Å². The summed E-state index contributed by atoms with van der Waals surface area (Å²) in [5.41, 5.74) is 36.6. The third kappa shape index (κ3) is 11.5. The predicted octanol–water partition coefficient (Wildman–Crippen LogP) is 30.4. The van der Waals surface area contributed by atoms with Gasteiger partial charge in [0.2, 0.25) is 0 Å². The van der Waals surface area contributed by atoms with Crippen molar-refractivity contribution in [3.8, 4) is 83.6 Å². The van der Waals surface area contributed by atoms with Crippen molar-refractivity contribution in [3.05, 3.63) is 384 Å². The predicted molar refractivity (Wildman–Crippen MR) is 525 cm³/mol. The molecule has 4 heterocycles. The third-order valence-corrected chi connectivity index (χ3v) is 28.3. The van der Waals surface area contributed by atoms with Crippen LogP contribution in [0.1, 0.15) is 161 Å². The van der Waals surface area contributed by atoms with Gasteiger partial charge in [0.1, 0.15) is 0 Å². The summed E-state index contributed by atoms with van der Waals surface area (Å²) in [6.07, 6.45) is 0. The van der Waals surface area contributed by atoms with E-state index in [2.05, 4.69) is 415 Å². The fourth-order valence-corrected chi connectivity index (χ4v) is 22.1. The summed E-state index contributed by atoms with van der Waals surface area (Å²) >= 11 is 1.83. The van der Waals surface area contributed by atoms with Gasteiger partial charge in [-0.2, -0.15) is 0 Å². The topological polar surface area (TPSA) is 11.4 Å². The van der Waals surface area contributed by atoms with Crippen LogP contribution < -0.4 is 26.2 Å². The van der Waals surface area contributed by atoms with Crippen LogP contribution in [0.25, 0.3) is 126 Å². The van der Waals surface area contributed by atoms with Crippen molar-refractivity contribution < 1.29 is 6.85 Å². The van der Waals surface area contributed by atoms with Crippen molar-refractivity contribution in [2.75, 3.05) is 9.80 Å². The number of rotatable bonds is 8. The molecule has 0 fully saturated rings. The zero-order valence-corrected chi connectivity index (χ0v) is 73.0. The van der Waals surface area contributed by atoms with Crippen LogP contribution >= 0.6 is 11.3 Å². The molecule has 3 nitrogen and oxygen atoms in total. The van der Waals surface area contributed by atoms with Crippen LogP contribution in [0.4, 0.5) is 34.1 Å². The van der Waals surface area contributed by atoms with E-state index in [0.717, 1.165) is 126 Å². The first kappa shape index (κ1) is 69.9. The largest absolute Gasteiger partial charge is 0.310 e. The second-order valence-electron chi connectivity index (χ2n) is 39.6. The number of nitrogens with zero attached hydrogens (tertiary/aromatic N) is 3. The normalized spacial score (nSPS) is 14.5. The average Bonchev–Trinajstić information content (AvgIpc) is 1.61. The van der Waals surface area contributed by atoms with E-state index in [4.69, 9.17) is 1.37 Å². The molecule has 0 radical (unpaired) electrons. The molecule has 2 aromatic heterocycles. The van der Waals surface area contributed by atoms with Gasteiger partial charge in [0.05, 0.1) is 45.1 Å². The summed E-state index contributed by atoms with van der Waals surface area (Å²) < 4.78 is 52.1. The average molecular weight is 1600 g/mol. The minimum atomic E-state index is -0.545. The molecule has 1 spiro atoms. The first-order valence-electron chi connectivity index (χ1n) is 45.8. The monoisotopic (exact) mass is 1590 g/mol. The van der Waals surface area contributed by atoms with Crippen LogP contribution in [-0.4, -0.2) is 11.3 Å². The van der Waals surface area contributed by atoms with Crippen molar-refractivity contribution in [2.45, 2.75) is 136 Å². The van der Waals surface area contributed by atoms with Crippen molar-refractivity contribution in [2.24, 2.45) is 0 Å². The van der Waals surface area contributed by atoms with Crippen LogP contribution in [0.3, 0.4) is 0 Å². The minimum absolute atomic E-state index is 0.143. The fourth-order valence-electron chi connectivity index (χ4n) is 20.8. The second kappa shape index (κ2) is 27.1. The molecule has 18 aromatic rings. The van der Waals surface area contributed by atoms with Crippen LogP contribution in [0, 0.1) is 0 Å². The van der Waals surface area contributed by atoms with Crippen molar-refractivity contribution >= 4 is 111 Å². The summed E-state index contributed by atoms with van der Waals surface area (Å²) in [5, 5.41) is 4.59. The van der Waals surface area contributed by atoms with Gasteiger partial charge in [0.25, 0.3) is 6.71 Å². The Morgan fingerprint density at radius 2 is 0.730 bits per heavy atom. The maximum Gasteiger partial charge on any atom is 0.252 e. The summed E-state index contributed by atoms with van der Waals surface area (Å²) in [6.45, 7) is 34.4. The van der Waals surface area contributed by atoms with Gasteiger partial charge in [0.15, 0.2) is 0 Å². The Morgan fingerprint density at radius 3 is 1.28 bits per heavy atom. The van der Waals surface area contributed by atoms with E-state index in [1.807, 2.05) is 17.4 Å². The molecule has 0 amide bonds. The van der Waals surface area contributed by atoms with Gasteiger partial charge in [0, 0.05) is 65.7 Å². The first-order valence-corrected chi connectivity index (χ1v) is 44.1. The lowest BCUT2D eigenvalue weighted by Crippen LogP contribution is -2.61. The lowest BCUT2D eigenvalue weighted by atomic mass is 9.33. The summed E-state index contributed by atoms with van der Waals surface area (Å²) in [6, 6.07) is 114. The molecule has 2 aliphatic carbocycles. The Hall–Kier alpha value is -12.8. The Kier molecular flexibility index (Phi) is 15.5. The standard InChI is InChI=1S/C117H100BN3S/c1-112(2,3)77-54-58-100-92(65-77)93-66-78(113(4,5)6)55-59-101(93)119(100)82-69-105-108-106(70-82)121(109-90(72-36-21-17-22-37-72)67-81(116(13,14)15)68-91(109)73-38-23-18-24-39-73)104-63-75(76-60-79(114(7,8)9)64-80(61-76)115(10,11)12)53-57-99(104)118(108)98-56-52-74(71-34-19-16-20-35-71)62-103(98)120(105)102-51-33-46-88-87-45-31-44-86(110(87)122-111(88)102)85-43-32-50-97-107(85)89-42-27-30-49-96(89)117(97)94-47-28-25-40-83(94)84-41-26-29-48-95(84)117/h16-70H,1-15H3/i16D,19D,20D,34D,35D. The second-order valence-corrected chi connectivity index (χ2v) is 40.6. The van der Waals surface area contributed by atoms with Crippen LogP contribution in [0.5, 0.6) is 0 Å². The van der Waals surface area contributed by atoms with Crippen LogP contribution in [-0.2, 0) is 32.5 Å². The van der Waals surface area contributed by atoms with E-state index < -0.39 is 18.2 Å². The van der Waals surface area contributed by atoms with Gasteiger partial charge in [-0.05, 0) is 221 Å². The SMILES string of the molecule is [2H]c1c([2H])c([2H])c(-c2ccc3c(c2)N(c2cccc4c2sc2c(-c5cccc6c5-c5ccccc5C65c6ccccc6-c6ccccc65)cccc24)c2cc(-n4c5ccc(C(C)(C)C)cc5c5cc(C(C)(C)C)ccc54)cc4c2B3c2ccc(-c3cc(C(C)(C)C)cc(C(C)(C)C)c3)cc2N4c2c(-c3ccccc3)cc(C(C)(C)C)cc2-c2ccccc2)c([2H])c1[2H]. The highest BCUT2D eigenvalue weighted by molar-refractivity contribution is 7.27. The Bertz CT molecular complexity index is 7510. The Labute approximate surface area is 730 Å². The molecule has 22 rings (SSSR count). The number of anilines is 6. The number of benzene rings is 16. The van der Waals surface area contributed by atoms with E-state index in [9.17, 15) is 5.48 Å². The zero-order valence-electron chi connectivity index (χ0n) is 77.2. The lowest BCUT2D eigenvalue weighted by molar-refractivity contribution is 0.569. The van der Waals surface area contributed by atoms with Gasteiger partial charge < -0.3 is 14.4 Å². The van der Waals surface area contributed by atoms with Gasteiger partial charge in [-0.25, -0.2) is 0 Å². The number of fused-ring (bicyclic) bond motifs is 20. The van der Waals surface area contributed by atoms with Crippen molar-refractivity contribution in [1.29, 1.82) is 0 Å². The molecule has 2 aliphatic heterocycles. The molecule has 0 atom stereocenters. The van der Waals surface area contributed by atoms with Gasteiger partial charge in [-0.15, -0.1) is 11.3 Å². The molecule has 0 N–H and O–H groups in total. The molecule has 16 aromatic carbocycles. The summed E-state index contributed by atoms with van der Waals surface area (Å²) in [4.78, 5) is 5.20. The summed E-state index contributed by atoms with van der Waals surface area (Å²) in [5.74, 6) is 0. The summed E-state index contributed by atoms with van der Waals surface area (Å²) in [7, 11) is 0. The van der Waals surface area contributed by atoms with E-state index in [0.29, 0.717) is 5.56 Å². The highest BCUT2D eigenvalue weighted by atomic mass is 32.1. The number of hydrogen-bond donors (Lipinski definition) is 0. The lowest BCUT2D eigenvalue weighted by Gasteiger charge is -2.45. The first-order chi connectivity index (χ1) is 60.7. The Balaban J connectivity index is 0.900. The molecule has 4 aliphatic rings. The van der Waals surface area contributed by atoms with E-state index in [1.165, 1.54) is 88.7 Å². The minimum Gasteiger partial charge on any atom is -0.310 e. The molecule has 0 saturated heterocycles. The number of thiophene rings is 1.